The Balaban J connectivity index is 2.50. The van der Waals surface area contributed by atoms with Gasteiger partial charge in [-0.05, 0) is 11.4 Å². The lowest BCUT2D eigenvalue weighted by molar-refractivity contribution is 0.789. The average molecular weight is 183 g/mol. The van der Waals surface area contributed by atoms with Gasteiger partial charge in [0.2, 0.25) is 0 Å². The average Bonchev–Trinajstić information content (AvgIpc) is 2.51. The van der Waals surface area contributed by atoms with Gasteiger partial charge in [-0.1, -0.05) is 13.0 Å². The van der Waals surface area contributed by atoms with Crippen LogP contribution in [-0.4, -0.2) is 12.5 Å². The van der Waals surface area contributed by atoms with E-state index in [-0.39, 0.29) is 5.96 Å². The molecule has 0 saturated carbocycles. The zero-order valence-corrected chi connectivity index (χ0v) is 7.84. The highest BCUT2D eigenvalue weighted by Gasteiger charge is 2.04. The minimum Gasteiger partial charge on any atom is -0.370 e. The molecule has 12 heavy (non-hydrogen) atoms. The van der Waals surface area contributed by atoms with E-state index in [1.807, 2.05) is 6.07 Å². The standard InChI is InChI=1S/C8H13N3S/c1-6(5-11-8(9)10)7-3-2-4-12-7/h2-4,6H,5H2,1H3,(H4,9,10,11). The molecule has 4 N–H and O–H groups in total. The smallest absolute Gasteiger partial charge is 0.185 e. The fourth-order valence-electron chi connectivity index (χ4n) is 0.904. The number of aliphatic imine (C=N–C) groups is 1. The van der Waals surface area contributed by atoms with Gasteiger partial charge in [0.1, 0.15) is 0 Å². The Morgan fingerprint density at radius 3 is 2.92 bits per heavy atom. The van der Waals surface area contributed by atoms with E-state index in [9.17, 15) is 0 Å². The number of hydrogen-bond acceptors (Lipinski definition) is 2. The summed E-state index contributed by atoms with van der Waals surface area (Å²) in [6.07, 6.45) is 0. The predicted molar refractivity (Wildman–Crippen MR) is 53.4 cm³/mol. The van der Waals surface area contributed by atoms with E-state index in [2.05, 4.69) is 23.4 Å². The van der Waals surface area contributed by atoms with Crippen molar-refractivity contribution in [2.75, 3.05) is 6.54 Å². The highest BCUT2D eigenvalue weighted by molar-refractivity contribution is 7.10. The second kappa shape index (κ2) is 4.11. The monoisotopic (exact) mass is 183 g/mol. The van der Waals surface area contributed by atoms with Crippen LogP contribution in [0.3, 0.4) is 0 Å². The fraction of sp³-hybridized carbons (Fsp3) is 0.375. The molecule has 0 fully saturated rings. The first-order valence-corrected chi connectivity index (χ1v) is 4.67. The van der Waals surface area contributed by atoms with Crippen LogP contribution in [0, 0.1) is 0 Å². The first-order valence-electron chi connectivity index (χ1n) is 3.79. The summed E-state index contributed by atoms with van der Waals surface area (Å²) in [5.74, 6) is 0.575. The van der Waals surface area contributed by atoms with Crippen molar-refractivity contribution >= 4 is 17.3 Å². The first kappa shape index (κ1) is 9.06. The van der Waals surface area contributed by atoms with Crippen molar-refractivity contribution in [3.63, 3.8) is 0 Å². The van der Waals surface area contributed by atoms with Gasteiger partial charge in [-0.3, -0.25) is 4.99 Å². The molecule has 0 amide bonds. The van der Waals surface area contributed by atoms with Gasteiger partial charge < -0.3 is 11.5 Å². The lowest BCUT2D eigenvalue weighted by Crippen LogP contribution is -2.23. The highest BCUT2D eigenvalue weighted by atomic mass is 32.1. The molecule has 0 aliphatic rings. The second-order valence-corrected chi connectivity index (χ2v) is 3.66. The van der Waals surface area contributed by atoms with Gasteiger partial charge in [-0.25, -0.2) is 0 Å². The van der Waals surface area contributed by atoms with Crippen LogP contribution in [-0.2, 0) is 0 Å². The van der Waals surface area contributed by atoms with Gasteiger partial charge in [-0.2, -0.15) is 0 Å². The Hall–Kier alpha value is -1.03. The molecular formula is C8H13N3S. The maximum absolute atomic E-state index is 5.23. The zero-order valence-electron chi connectivity index (χ0n) is 7.03. The van der Waals surface area contributed by atoms with Gasteiger partial charge in [-0.15, -0.1) is 11.3 Å². The van der Waals surface area contributed by atoms with Gasteiger partial charge in [0.05, 0.1) is 6.54 Å². The first-order chi connectivity index (χ1) is 5.70. The van der Waals surface area contributed by atoms with Gasteiger partial charge in [0.15, 0.2) is 5.96 Å². The minimum absolute atomic E-state index is 0.165. The van der Waals surface area contributed by atoms with Gasteiger partial charge >= 0.3 is 0 Å². The molecule has 4 heteroatoms. The van der Waals surface area contributed by atoms with Crippen LogP contribution in [0.25, 0.3) is 0 Å². The zero-order chi connectivity index (χ0) is 8.97. The van der Waals surface area contributed by atoms with Crippen molar-refractivity contribution in [2.24, 2.45) is 16.5 Å². The number of rotatable bonds is 3. The fourth-order valence-corrected chi connectivity index (χ4v) is 1.68. The number of nitrogens with two attached hydrogens (primary N) is 2. The van der Waals surface area contributed by atoms with Gasteiger partial charge in [0.25, 0.3) is 0 Å². The Morgan fingerprint density at radius 2 is 2.42 bits per heavy atom. The summed E-state index contributed by atoms with van der Waals surface area (Å²) in [7, 11) is 0. The van der Waals surface area contributed by atoms with E-state index in [4.69, 9.17) is 11.5 Å². The molecule has 1 rings (SSSR count). The van der Waals surface area contributed by atoms with Gasteiger partial charge in [0, 0.05) is 10.8 Å². The van der Waals surface area contributed by atoms with Crippen LogP contribution >= 0.6 is 11.3 Å². The van der Waals surface area contributed by atoms with Crippen molar-refractivity contribution in [2.45, 2.75) is 12.8 Å². The number of thiophene rings is 1. The Bertz CT molecular complexity index is 249. The topological polar surface area (TPSA) is 64.4 Å². The van der Waals surface area contributed by atoms with E-state index in [1.165, 1.54) is 4.88 Å². The molecule has 0 bridgehead atoms. The number of hydrogen-bond donors (Lipinski definition) is 2. The third-order valence-corrected chi connectivity index (χ3v) is 2.68. The van der Waals surface area contributed by atoms with E-state index in [0.717, 1.165) is 0 Å². The summed E-state index contributed by atoms with van der Waals surface area (Å²) >= 11 is 1.73. The molecule has 0 aliphatic heterocycles. The Morgan fingerprint density at radius 1 is 1.67 bits per heavy atom. The maximum Gasteiger partial charge on any atom is 0.185 e. The van der Waals surface area contributed by atoms with Crippen LogP contribution < -0.4 is 11.5 Å². The SMILES string of the molecule is CC(CN=C(N)N)c1cccs1. The van der Waals surface area contributed by atoms with Crippen molar-refractivity contribution < 1.29 is 0 Å². The molecule has 0 aliphatic carbocycles. The summed E-state index contributed by atoms with van der Waals surface area (Å²) in [4.78, 5) is 5.28. The summed E-state index contributed by atoms with van der Waals surface area (Å²) in [6.45, 7) is 2.78. The van der Waals surface area contributed by atoms with Crippen molar-refractivity contribution in [3.8, 4) is 0 Å². The van der Waals surface area contributed by atoms with Crippen molar-refractivity contribution in [1.82, 2.24) is 0 Å². The minimum atomic E-state index is 0.165. The predicted octanol–water partition coefficient (Wildman–Crippen LogP) is 1.12. The molecule has 0 saturated heterocycles. The van der Waals surface area contributed by atoms with E-state index < -0.39 is 0 Å². The largest absolute Gasteiger partial charge is 0.370 e. The second-order valence-electron chi connectivity index (χ2n) is 2.68. The van der Waals surface area contributed by atoms with Crippen LogP contribution in [0.4, 0.5) is 0 Å². The van der Waals surface area contributed by atoms with E-state index >= 15 is 0 Å². The lowest BCUT2D eigenvalue weighted by Gasteiger charge is -2.04. The third kappa shape index (κ3) is 2.54. The van der Waals surface area contributed by atoms with Crippen LogP contribution in [0.15, 0.2) is 22.5 Å². The Labute approximate surface area is 76.1 Å². The Kier molecular flexibility index (Phi) is 3.10. The molecule has 0 spiro atoms. The lowest BCUT2D eigenvalue weighted by atomic mass is 10.1. The van der Waals surface area contributed by atoms with Crippen molar-refractivity contribution in [3.05, 3.63) is 22.4 Å². The molecule has 0 radical (unpaired) electrons. The number of nitrogens with zero attached hydrogens (tertiary/aromatic N) is 1. The van der Waals surface area contributed by atoms with Crippen LogP contribution in [0.2, 0.25) is 0 Å². The van der Waals surface area contributed by atoms with E-state index in [0.29, 0.717) is 12.5 Å². The van der Waals surface area contributed by atoms with Crippen LogP contribution in [0.1, 0.15) is 17.7 Å². The molecule has 1 atom stereocenters. The molecule has 0 aromatic carbocycles. The molecule has 1 aromatic heterocycles. The highest BCUT2D eigenvalue weighted by Crippen LogP contribution is 2.20. The third-order valence-electron chi connectivity index (χ3n) is 1.58. The molecule has 1 unspecified atom stereocenters. The quantitative estimate of drug-likeness (QED) is 0.545. The van der Waals surface area contributed by atoms with E-state index in [1.54, 1.807) is 11.3 Å². The van der Waals surface area contributed by atoms with Crippen molar-refractivity contribution in [1.29, 1.82) is 0 Å². The summed E-state index contributed by atoms with van der Waals surface area (Å²) in [5.41, 5.74) is 10.5. The summed E-state index contributed by atoms with van der Waals surface area (Å²) in [6, 6.07) is 4.13. The molecule has 66 valence electrons. The molecule has 1 heterocycles. The number of guanidine groups is 1. The molecule has 1 aromatic rings. The molecule has 3 nitrogen and oxygen atoms in total. The summed E-state index contributed by atoms with van der Waals surface area (Å²) < 4.78 is 0. The summed E-state index contributed by atoms with van der Waals surface area (Å²) in [5, 5.41) is 2.06. The van der Waals surface area contributed by atoms with Crippen LogP contribution in [0.5, 0.6) is 0 Å². The normalized spacial score (nSPS) is 12.4. The maximum atomic E-state index is 5.23. The molecular weight excluding hydrogens is 170 g/mol.